The zero-order valence-electron chi connectivity index (χ0n) is 12.1. The third-order valence-corrected chi connectivity index (χ3v) is 3.48. The lowest BCUT2D eigenvalue weighted by molar-refractivity contribution is 0.130. The van der Waals surface area contributed by atoms with E-state index in [2.05, 4.69) is 15.9 Å². The maximum Gasteiger partial charge on any atom is 0.319 e. The molecule has 1 fully saturated rings. The van der Waals surface area contributed by atoms with Gasteiger partial charge >= 0.3 is 6.03 Å². The lowest BCUT2D eigenvalue weighted by Gasteiger charge is -2.27. The Labute approximate surface area is 126 Å². The molecule has 0 aliphatic carbocycles. The Hall–Kier alpha value is -2.13. The van der Waals surface area contributed by atoms with Crippen molar-refractivity contribution < 1.29 is 13.6 Å². The predicted octanol–water partition coefficient (Wildman–Crippen LogP) is 1.02. The Morgan fingerprint density at radius 3 is 2.64 bits per heavy atom. The van der Waals surface area contributed by atoms with E-state index < -0.39 is 17.8 Å². The van der Waals surface area contributed by atoms with Crippen LogP contribution in [0.15, 0.2) is 23.4 Å². The molecule has 1 atom stereocenters. The van der Waals surface area contributed by atoms with Crippen LogP contribution in [0.4, 0.5) is 13.6 Å². The molecule has 0 saturated carbocycles. The summed E-state index contributed by atoms with van der Waals surface area (Å²) in [7, 11) is 1.56. The van der Waals surface area contributed by atoms with Gasteiger partial charge in [0.25, 0.3) is 0 Å². The molecule has 2 rings (SSSR count). The number of nitrogens with one attached hydrogen (secondary N) is 2. The number of nitrogens with zero attached hydrogens (tertiary/aromatic N) is 3. The van der Waals surface area contributed by atoms with Gasteiger partial charge < -0.3 is 5.32 Å². The summed E-state index contributed by atoms with van der Waals surface area (Å²) in [5.41, 5.74) is 2.63. The fourth-order valence-corrected chi connectivity index (χ4v) is 2.27. The van der Waals surface area contributed by atoms with Gasteiger partial charge in [-0.25, -0.2) is 18.6 Å². The van der Waals surface area contributed by atoms with Crippen LogP contribution in [0.25, 0.3) is 0 Å². The van der Waals surface area contributed by atoms with Gasteiger partial charge in [0.2, 0.25) is 0 Å². The number of amides is 2. The number of benzene rings is 1. The van der Waals surface area contributed by atoms with Gasteiger partial charge in [0.15, 0.2) is 6.17 Å². The van der Waals surface area contributed by atoms with E-state index in [0.717, 1.165) is 12.1 Å². The number of carbonyl (C=O) groups is 1. The molecule has 9 heteroatoms. The van der Waals surface area contributed by atoms with E-state index in [0.29, 0.717) is 13.1 Å². The third kappa shape index (κ3) is 3.55. The van der Waals surface area contributed by atoms with Gasteiger partial charge in [-0.2, -0.15) is 0 Å². The van der Waals surface area contributed by atoms with Gasteiger partial charge in [0.1, 0.15) is 11.6 Å². The van der Waals surface area contributed by atoms with Crippen molar-refractivity contribution in [2.24, 2.45) is 5.18 Å². The molecule has 120 valence electrons. The fourth-order valence-electron chi connectivity index (χ4n) is 2.27. The first-order chi connectivity index (χ1) is 10.6. The Balaban J connectivity index is 2.08. The zero-order chi connectivity index (χ0) is 16.1. The van der Waals surface area contributed by atoms with Crippen LogP contribution in [0, 0.1) is 16.5 Å². The molecule has 1 aromatic rings. The monoisotopic (exact) mass is 313 g/mol. The molecule has 1 aliphatic heterocycles. The Morgan fingerprint density at radius 2 is 2.14 bits per heavy atom. The van der Waals surface area contributed by atoms with Gasteiger partial charge in [0.05, 0.1) is 6.54 Å². The molecule has 7 nitrogen and oxygen atoms in total. The van der Waals surface area contributed by atoms with Crippen molar-refractivity contribution in [1.29, 1.82) is 0 Å². The standard InChI is InChI=1S/C13H17F2N5O2/c1-16-19(7-9-10(14)3-2-4-11(9)15)8-12(18-22)20-6-5-17-13(20)21/h2-4,12,16H,5-8H2,1H3,(H,17,21). The highest BCUT2D eigenvalue weighted by Gasteiger charge is 2.30. The van der Waals surface area contributed by atoms with Crippen LogP contribution in [0.1, 0.15) is 5.56 Å². The number of halogens is 2. The first-order valence-corrected chi connectivity index (χ1v) is 6.79. The number of hydrazine groups is 1. The van der Waals surface area contributed by atoms with Crippen LogP contribution in [0.3, 0.4) is 0 Å². The predicted molar refractivity (Wildman–Crippen MR) is 75.5 cm³/mol. The third-order valence-electron chi connectivity index (χ3n) is 3.48. The molecule has 0 spiro atoms. The summed E-state index contributed by atoms with van der Waals surface area (Å²) < 4.78 is 27.4. The van der Waals surface area contributed by atoms with E-state index in [9.17, 15) is 18.5 Å². The second kappa shape index (κ2) is 7.23. The smallest absolute Gasteiger partial charge is 0.319 e. The highest BCUT2D eigenvalue weighted by atomic mass is 19.1. The SMILES string of the molecule is CNN(Cc1c(F)cccc1F)CC(N=O)N1CCNC1=O. The summed E-state index contributed by atoms with van der Waals surface area (Å²) in [6.45, 7) is 0.713. The second-order valence-corrected chi connectivity index (χ2v) is 4.82. The highest BCUT2D eigenvalue weighted by molar-refractivity contribution is 5.76. The number of hydrogen-bond donors (Lipinski definition) is 2. The molecule has 22 heavy (non-hydrogen) atoms. The van der Waals surface area contributed by atoms with Crippen molar-refractivity contribution in [1.82, 2.24) is 20.7 Å². The van der Waals surface area contributed by atoms with Crippen molar-refractivity contribution in [3.8, 4) is 0 Å². The van der Waals surface area contributed by atoms with Gasteiger partial charge in [-0.05, 0) is 24.4 Å². The minimum atomic E-state index is -0.940. The maximum atomic E-state index is 13.7. The van der Waals surface area contributed by atoms with Gasteiger partial charge in [-0.1, -0.05) is 6.07 Å². The fraction of sp³-hybridized carbons (Fsp3) is 0.462. The molecular formula is C13H17F2N5O2. The van der Waals surface area contributed by atoms with Crippen LogP contribution in [0.2, 0.25) is 0 Å². The van der Waals surface area contributed by atoms with Gasteiger partial charge in [-0.3, -0.25) is 10.3 Å². The molecule has 1 aromatic carbocycles. The summed E-state index contributed by atoms with van der Waals surface area (Å²) in [6.07, 6.45) is -0.940. The topological polar surface area (TPSA) is 77.0 Å². The average Bonchev–Trinajstić information content (AvgIpc) is 2.92. The molecular weight excluding hydrogens is 296 g/mol. The lowest BCUT2D eigenvalue weighted by Crippen LogP contribution is -2.47. The van der Waals surface area contributed by atoms with Crippen molar-refractivity contribution in [3.63, 3.8) is 0 Å². The summed E-state index contributed by atoms with van der Waals surface area (Å²) >= 11 is 0. The molecule has 1 heterocycles. The first kappa shape index (κ1) is 16.2. The molecule has 1 aliphatic rings. The van der Waals surface area contributed by atoms with Crippen molar-refractivity contribution >= 4 is 6.03 Å². The second-order valence-electron chi connectivity index (χ2n) is 4.82. The quantitative estimate of drug-likeness (QED) is 0.582. The van der Waals surface area contributed by atoms with E-state index in [1.807, 2.05) is 0 Å². The van der Waals surface area contributed by atoms with E-state index in [-0.39, 0.29) is 24.7 Å². The number of urea groups is 1. The van der Waals surface area contributed by atoms with Crippen molar-refractivity contribution in [3.05, 3.63) is 40.3 Å². The number of carbonyl (C=O) groups excluding carboxylic acids is 1. The van der Waals surface area contributed by atoms with E-state index in [4.69, 9.17) is 0 Å². The molecule has 2 amide bonds. The minimum Gasteiger partial charge on any atom is -0.336 e. The van der Waals surface area contributed by atoms with Crippen LogP contribution < -0.4 is 10.7 Å². The molecule has 2 N–H and O–H groups in total. The summed E-state index contributed by atoms with van der Waals surface area (Å²) in [6, 6.07) is 3.23. The van der Waals surface area contributed by atoms with Crippen LogP contribution in [0.5, 0.6) is 0 Å². The molecule has 0 bridgehead atoms. The van der Waals surface area contributed by atoms with Gasteiger partial charge in [0, 0.05) is 25.2 Å². The average molecular weight is 313 g/mol. The normalized spacial score (nSPS) is 16.0. The summed E-state index contributed by atoms with van der Waals surface area (Å²) in [5, 5.41) is 6.94. The number of rotatable bonds is 7. The maximum absolute atomic E-state index is 13.7. The summed E-state index contributed by atoms with van der Waals surface area (Å²) in [5.74, 6) is -1.34. The minimum absolute atomic E-state index is 0.0151. The van der Waals surface area contributed by atoms with Crippen molar-refractivity contribution in [2.75, 3.05) is 26.7 Å². The van der Waals surface area contributed by atoms with E-state index >= 15 is 0 Å². The van der Waals surface area contributed by atoms with Crippen molar-refractivity contribution in [2.45, 2.75) is 12.7 Å². The lowest BCUT2D eigenvalue weighted by atomic mass is 10.2. The Kier molecular flexibility index (Phi) is 5.34. The Bertz CT molecular complexity index is 537. The van der Waals surface area contributed by atoms with Gasteiger partial charge in [-0.15, -0.1) is 4.91 Å². The molecule has 0 radical (unpaired) electrons. The zero-order valence-corrected chi connectivity index (χ0v) is 12.1. The largest absolute Gasteiger partial charge is 0.336 e. The number of hydrogen-bond acceptors (Lipinski definition) is 5. The van der Waals surface area contributed by atoms with Crippen LogP contribution in [-0.2, 0) is 6.54 Å². The Morgan fingerprint density at radius 1 is 1.45 bits per heavy atom. The van der Waals surface area contributed by atoms with E-state index in [1.165, 1.54) is 16.0 Å². The first-order valence-electron chi connectivity index (χ1n) is 6.79. The molecule has 1 saturated heterocycles. The molecule has 1 unspecified atom stereocenters. The molecule has 0 aromatic heterocycles. The highest BCUT2D eigenvalue weighted by Crippen LogP contribution is 2.15. The number of nitroso groups, excluding NO2 is 1. The van der Waals surface area contributed by atoms with Crippen LogP contribution >= 0.6 is 0 Å². The summed E-state index contributed by atoms with van der Waals surface area (Å²) in [4.78, 5) is 23.9. The van der Waals surface area contributed by atoms with Crippen LogP contribution in [-0.4, -0.2) is 48.8 Å². The van der Waals surface area contributed by atoms with E-state index in [1.54, 1.807) is 7.05 Å².